The Bertz CT molecular complexity index is 2390. The van der Waals surface area contributed by atoms with Crippen LogP contribution in [0.15, 0.2) is 90.2 Å². The Morgan fingerprint density at radius 3 is 2.32 bits per heavy atom. The molecule has 0 spiro atoms. The zero-order valence-corrected chi connectivity index (χ0v) is 30.9. The van der Waals surface area contributed by atoms with Gasteiger partial charge in [-0.25, -0.2) is 15.0 Å². The number of ether oxygens (including phenoxy) is 2. The molecule has 0 fully saturated rings. The predicted molar refractivity (Wildman–Crippen MR) is 203 cm³/mol. The topological polar surface area (TPSA) is 61.5 Å². The molecule has 2 aliphatic rings. The second kappa shape index (κ2) is 10.8. The molecule has 0 N–H and O–H groups in total. The molecule has 6 heteroatoms. The fraction of sp³-hybridized carbons (Fsp3) is 0.341. The van der Waals surface area contributed by atoms with E-state index in [1.165, 1.54) is 33.2 Å². The molecule has 6 nitrogen and oxygen atoms in total. The number of benzene rings is 3. The van der Waals surface area contributed by atoms with Gasteiger partial charge in [-0.1, -0.05) is 59.7 Å². The summed E-state index contributed by atoms with van der Waals surface area (Å²) in [7, 11) is 0. The standard InChI is InChI=1S/C44H46N4O2/c1-26-13-15-36-35(27(26)2)25-43(9)44(36,10)47-40(50-43)28-17-19-45-38(20-28)49-32-22-30(42(6,7)8)21-31(24-32)48-37-16-14-29(41(3,4)5)23-34(37)33-12-11-18-46-39(33)48/h11-24H,25H2,1-10H3/t43-,44+/m0/s1. The molecule has 0 amide bonds. The van der Waals surface area contributed by atoms with E-state index in [-0.39, 0.29) is 10.8 Å². The van der Waals surface area contributed by atoms with Crippen LogP contribution in [0.3, 0.4) is 0 Å². The van der Waals surface area contributed by atoms with Crippen LogP contribution in [0.4, 0.5) is 0 Å². The molecule has 0 radical (unpaired) electrons. The predicted octanol–water partition coefficient (Wildman–Crippen LogP) is 10.6. The molecular formula is C44H46N4O2. The van der Waals surface area contributed by atoms with Gasteiger partial charge < -0.3 is 9.47 Å². The molecule has 0 unspecified atom stereocenters. The average Bonchev–Trinajstić information content (AvgIpc) is 3.61. The van der Waals surface area contributed by atoms with E-state index >= 15 is 0 Å². The molecule has 254 valence electrons. The van der Waals surface area contributed by atoms with E-state index in [1.54, 1.807) is 6.20 Å². The van der Waals surface area contributed by atoms with Crippen molar-refractivity contribution in [2.45, 2.75) is 97.6 Å². The number of hydrogen-bond acceptors (Lipinski definition) is 5. The summed E-state index contributed by atoms with van der Waals surface area (Å²) in [6, 6.07) is 25.8. The summed E-state index contributed by atoms with van der Waals surface area (Å²) in [5.74, 6) is 1.82. The lowest BCUT2D eigenvalue weighted by atomic mass is 9.84. The van der Waals surface area contributed by atoms with Crippen LogP contribution < -0.4 is 4.74 Å². The summed E-state index contributed by atoms with van der Waals surface area (Å²) < 4.78 is 15.6. The summed E-state index contributed by atoms with van der Waals surface area (Å²) in [5, 5.41) is 2.32. The number of nitrogens with zero attached hydrogens (tertiary/aromatic N) is 4. The van der Waals surface area contributed by atoms with Gasteiger partial charge in [-0.2, -0.15) is 0 Å². The monoisotopic (exact) mass is 662 g/mol. The second-order valence-corrected chi connectivity index (χ2v) is 16.7. The maximum atomic E-state index is 6.74. The zero-order chi connectivity index (χ0) is 35.4. The van der Waals surface area contributed by atoms with E-state index in [2.05, 4.69) is 133 Å². The fourth-order valence-corrected chi connectivity index (χ4v) is 7.73. The maximum Gasteiger partial charge on any atom is 0.219 e. The highest BCUT2D eigenvalue weighted by Crippen LogP contribution is 2.54. The van der Waals surface area contributed by atoms with Crippen molar-refractivity contribution < 1.29 is 9.47 Å². The molecule has 8 rings (SSSR count). The van der Waals surface area contributed by atoms with Gasteiger partial charge in [0.1, 0.15) is 22.5 Å². The zero-order valence-electron chi connectivity index (χ0n) is 30.9. The first-order chi connectivity index (χ1) is 23.6. The van der Waals surface area contributed by atoms with Crippen LogP contribution in [0.1, 0.15) is 94.3 Å². The Morgan fingerprint density at radius 1 is 0.780 bits per heavy atom. The Hall–Kier alpha value is -4.97. The highest BCUT2D eigenvalue weighted by molar-refractivity contribution is 6.08. The minimum Gasteiger partial charge on any atom is -0.468 e. The van der Waals surface area contributed by atoms with Crippen LogP contribution in [-0.2, 0) is 27.5 Å². The average molecular weight is 663 g/mol. The normalized spacial score (nSPS) is 20.2. The molecule has 50 heavy (non-hydrogen) atoms. The largest absolute Gasteiger partial charge is 0.468 e. The first-order valence-corrected chi connectivity index (χ1v) is 17.6. The van der Waals surface area contributed by atoms with Crippen LogP contribution >= 0.6 is 0 Å². The Kier molecular flexibility index (Phi) is 6.94. The van der Waals surface area contributed by atoms with Crippen molar-refractivity contribution in [2.75, 3.05) is 0 Å². The molecule has 4 heterocycles. The van der Waals surface area contributed by atoms with Gasteiger partial charge in [-0.3, -0.25) is 4.57 Å². The van der Waals surface area contributed by atoms with Gasteiger partial charge in [0.15, 0.2) is 0 Å². The van der Waals surface area contributed by atoms with Crippen molar-refractivity contribution in [3.63, 3.8) is 0 Å². The van der Waals surface area contributed by atoms with Crippen LogP contribution in [0.25, 0.3) is 27.6 Å². The molecule has 0 bridgehead atoms. The van der Waals surface area contributed by atoms with Crippen molar-refractivity contribution >= 4 is 27.8 Å². The molecule has 2 atom stereocenters. The Balaban J connectivity index is 1.20. The first-order valence-electron chi connectivity index (χ1n) is 17.6. The summed E-state index contributed by atoms with van der Waals surface area (Å²) in [6.45, 7) is 22.2. The highest BCUT2D eigenvalue weighted by atomic mass is 16.5. The number of rotatable bonds is 4. The van der Waals surface area contributed by atoms with Gasteiger partial charge in [-0.05, 0) is 114 Å². The summed E-state index contributed by atoms with van der Waals surface area (Å²) in [5.41, 5.74) is 10.5. The number of hydrogen-bond donors (Lipinski definition) is 0. The minimum atomic E-state index is -0.472. The number of aliphatic imine (C=N–C) groups is 1. The summed E-state index contributed by atoms with van der Waals surface area (Å²) >= 11 is 0. The van der Waals surface area contributed by atoms with Crippen molar-refractivity contribution in [1.82, 2.24) is 14.5 Å². The molecule has 0 saturated carbocycles. The van der Waals surface area contributed by atoms with Gasteiger partial charge in [0.25, 0.3) is 0 Å². The molecule has 3 aromatic carbocycles. The third-order valence-electron chi connectivity index (χ3n) is 11.2. The van der Waals surface area contributed by atoms with Gasteiger partial charge in [0, 0.05) is 47.3 Å². The van der Waals surface area contributed by atoms with Crippen LogP contribution in [0.2, 0.25) is 0 Å². The van der Waals surface area contributed by atoms with Crippen molar-refractivity contribution in [2.24, 2.45) is 4.99 Å². The van der Waals surface area contributed by atoms with Crippen molar-refractivity contribution in [3.8, 4) is 17.3 Å². The van der Waals surface area contributed by atoms with E-state index in [1.807, 2.05) is 24.4 Å². The Morgan fingerprint density at radius 2 is 1.56 bits per heavy atom. The van der Waals surface area contributed by atoms with Gasteiger partial charge in [-0.15, -0.1) is 0 Å². The van der Waals surface area contributed by atoms with Gasteiger partial charge in [0.2, 0.25) is 11.8 Å². The highest BCUT2D eigenvalue weighted by Gasteiger charge is 2.59. The number of pyridine rings is 2. The summed E-state index contributed by atoms with van der Waals surface area (Å²) in [6.07, 6.45) is 4.47. The van der Waals surface area contributed by atoms with Crippen LogP contribution in [-0.4, -0.2) is 26.0 Å². The lowest BCUT2D eigenvalue weighted by molar-refractivity contribution is 0.0475. The van der Waals surface area contributed by atoms with E-state index in [9.17, 15) is 0 Å². The maximum absolute atomic E-state index is 6.74. The number of fused-ring (bicyclic) bond motifs is 6. The fourth-order valence-electron chi connectivity index (χ4n) is 7.73. The third-order valence-corrected chi connectivity index (χ3v) is 11.2. The molecule has 1 aliphatic heterocycles. The Labute approximate surface area is 295 Å². The van der Waals surface area contributed by atoms with E-state index in [0.717, 1.165) is 39.8 Å². The number of aryl methyl sites for hydroxylation is 1. The van der Waals surface area contributed by atoms with Crippen molar-refractivity contribution in [3.05, 3.63) is 124 Å². The van der Waals surface area contributed by atoms with Crippen LogP contribution in [0.5, 0.6) is 11.6 Å². The smallest absolute Gasteiger partial charge is 0.219 e. The van der Waals surface area contributed by atoms with Crippen LogP contribution in [0, 0.1) is 13.8 Å². The lowest BCUT2D eigenvalue weighted by Crippen LogP contribution is -2.41. The number of aromatic nitrogens is 3. The molecular weight excluding hydrogens is 617 g/mol. The molecule has 3 aromatic heterocycles. The molecule has 6 aromatic rings. The minimum absolute atomic E-state index is 0.0332. The van der Waals surface area contributed by atoms with Gasteiger partial charge in [0.05, 0.1) is 11.2 Å². The summed E-state index contributed by atoms with van der Waals surface area (Å²) in [4.78, 5) is 14.8. The molecule has 0 saturated heterocycles. The third kappa shape index (κ3) is 4.94. The molecule has 1 aliphatic carbocycles. The van der Waals surface area contributed by atoms with E-state index in [4.69, 9.17) is 19.5 Å². The van der Waals surface area contributed by atoms with Crippen molar-refractivity contribution in [1.29, 1.82) is 0 Å². The van der Waals surface area contributed by atoms with E-state index < -0.39 is 11.1 Å². The quantitative estimate of drug-likeness (QED) is 0.188. The second-order valence-electron chi connectivity index (χ2n) is 16.7. The van der Waals surface area contributed by atoms with E-state index in [0.29, 0.717) is 17.5 Å². The first kappa shape index (κ1) is 32.2. The lowest BCUT2D eigenvalue weighted by Gasteiger charge is -2.31. The van der Waals surface area contributed by atoms with Gasteiger partial charge >= 0.3 is 0 Å². The SMILES string of the molecule is Cc1ccc2c(c1C)C[C@]1(C)OC(c3ccnc(Oc4cc(-n5c6ccc(C(C)(C)C)cc6c6cccnc65)cc(C(C)(C)C)c4)c3)=N[C@]21C.